The summed E-state index contributed by atoms with van der Waals surface area (Å²) >= 11 is 0. The Morgan fingerprint density at radius 2 is 2.55 bits per heavy atom. The standard InChI is InChI=1S/C8H16O3/c1-7(9)5-10-6-8-3-2-4-11-8/h7-9H,2-6H2,1H3/t7-,8?/m0/s1. The Hall–Kier alpha value is -0.120. The molecule has 0 bridgehead atoms. The van der Waals surface area contributed by atoms with Gasteiger partial charge in [0.1, 0.15) is 0 Å². The first-order chi connectivity index (χ1) is 5.29. The summed E-state index contributed by atoms with van der Waals surface area (Å²) in [4.78, 5) is 0. The summed E-state index contributed by atoms with van der Waals surface area (Å²) in [7, 11) is 0. The van der Waals surface area contributed by atoms with Crippen LogP contribution >= 0.6 is 0 Å². The lowest BCUT2D eigenvalue weighted by molar-refractivity contribution is -0.0124. The number of aliphatic hydroxyl groups is 1. The molecule has 3 nitrogen and oxygen atoms in total. The Morgan fingerprint density at radius 1 is 1.73 bits per heavy atom. The topological polar surface area (TPSA) is 38.7 Å². The fraction of sp³-hybridized carbons (Fsp3) is 1.00. The van der Waals surface area contributed by atoms with Crippen molar-refractivity contribution in [3.8, 4) is 0 Å². The van der Waals surface area contributed by atoms with Gasteiger partial charge in [0.25, 0.3) is 0 Å². The average Bonchev–Trinajstić information content (AvgIpc) is 2.39. The molecule has 0 aromatic heterocycles. The Bertz CT molecular complexity index is 97.5. The molecule has 1 aliphatic rings. The van der Waals surface area contributed by atoms with Crippen LogP contribution in [0.25, 0.3) is 0 Å². The van der Waals surface area contributed by atoms with Crippen LogP contribution in [0, 0.1) is 0 Å². The summed E-state index contributed by atoms with van der Waals surface area (Å²) in [6.45, 7) is 3.63. The SMILES string of the molecule is C[C@H](O)COCC1CCCO1. The summed E-state index contributed by atoms with van der Waals surface area (Å²) in [5.41, 5.74) is 0. The first-order valence-corrected chi connectivity index (χ1v) is 4.16. The third kappa shape index (κ3) is 3.70. The lowest BCUT2D eigenvalue weighted by Crippen LogP contribution is -2.18. The molecule has 0 saturated carbocycles. The highest BCUT2D eigenvalue weighted by molar-refractivity contribution is 4.63. The van der Waals surface area contributed by atoms with E-state index in [1.165, 1.54) is 0 Å². The molecule has 1 heterocycles. The van der Waals surface area contributed by atoms with Crippen molar-refractivity contribution in [3.63, 3.8) is 0 Å². The van der Waals surface area contributed by atoms with Gasteiger partial charge in [0, 0.05) is 6.61 Å². The van der Waals surface area contributed by atoms with Crippen LogP contribution in [0.2, 0.25) is 0 Å². The predicted octanol–water partition coefficient (Wildman–Crippen LogP) is 0.563. The Morgan fingerprint density at radius 3 is 3.09 bits per heavy atom. The van der Waals surface area contributed by atoms with Gasteiger partial charge < -0.3 is 14.6 Å². The molecule has 0 aliphatic carbocycles. The van der Waals surface area contributed by atoms with E-state index in [4.69, 9.17) is 14.6 Å². The third-order valence-corrected chi connectivity index (χ3v) is 1.69. The zero-order chi connectivity index (χ0) is 8.10. The highest BCUT2D eigenvalue weighted by Gasteiger charge is 2.15. The van der Waals surface area contributed by atoms with Crippen LogP contribution in [0.3, 0.4) is 0 Å². The molecule has 0 aromatic rings. The van der Waals surface area contributed by atoms with E-state index in [9.17, 15) is 0 Å². The van der Waals surface area contributed by atoms with Crippen LogP contribution in [0.1, 0.15) is 19.8 Å². The van der Waals surface area contributed by atoms with Crippen molar-refractivity contribution >= 4 is 0 Å². The molecule has 66 valence electrons. The summed E-state index contributed by atoms with van der Waals surface area (Å²) < 4.78 is 10.5. The van der Waals surface area contributed by atoms with Gasteiger partial charge in [0.2, 0.25) is 0 Å². The molecule has 11 heavy (non-hydrogen) atoms. The molecule has 0 amide bonds. The van der Waals surface area contributed by atoms with E-state index in [1.807, 2.05) is 0 Å². The molecule has 1 rings (SSSR count). The second-order valence-corrected chi connectivity index (χ2v) is 3.02. The van der Waals surface area contributed by atoms with Gasteiger partial charge >= 0.3 is 0 Å². The number of rotatable bonds is 4. The Balaban J connectivity index is 1.94. The van der Waals surface area contributed by atoms with E-state index < -0.39 is 0 Å². The van der Waals surface area contributed by atoms with E-state index in [0.717, 1.165) is 19.4 Å². The van der Waals surface area contributed by atoms with Gasteiger partial charge in [-0.05, 0) is 19.8 Å². The maximum Gasteiger partial charge on any atom is 0.0809 e. The van der Waals surface area contributed by atoms with E-state index >= 15 is 0 Å². The number of ether oxygens (including phenoxy) is 2. The van der Waals surface area contributed by atoms with Gasteiger partial charge in [-0.1, -0.05) is 0 Å². The molecule has 3 heteroatoms. The second-order valence-electron chi connectivity index (χ2n) is 3.02. The zero-order valence-corrected chi connectivity index (χ0v) is 6.95. The van der Waals surface area contributed by atoms with Crippen LogP contribution in [-0.4, -0.2) is 37.1 Å². The smallest absolute Gasteiger partial charge is 0.0809 e. The second kappa shape index (κ2) is 4.70. The average molecular weight is 160 g/mol. The molecular weight excluding hydrogens is 144 g/mol. The third-order valence-electron chi connectivity index (χ3n) is 1.69. The highest BCUT2D eigenvalue weighted by atomic mass is 16.5. The maximum atomic E-state index is 8.86. The maximum absolute atomic E-state index is 8.86. The quantitative estimate of drug-likeness (QED) is 0.653. The fourth-order valence-electron chi connectivity index (χ4n) is 1.15. The minimum absolute atomic E-state index is 0.272. The van der Waals surface area contributed by atoms with E-state index in [2.05, 4.69) is 0 Å². The van der Waals surface area contributed by atoms with Crippen molar-refractivity contribution in [2.24, 2.45) is 0 Å². The van der Waals surface area contributed by atoms with Gasteiger partial charge in [0.05, 0.1) is 25.4 Å². The summed E-state index contributed by atoms with van der Waals surface area (Å²) in [6.07, 6.45) is 2.15. The Kier molecular flexibility index (Phi) is 3.83. The lowest BCUT2D eigenvalue weighted by Gasteiger charge is -2.10. The van der Waals surface area contributed by atoms with Crippen LogP contribution < -0.4 is 0 Å². The minimum atomic E-state index is -0.364. The summed E-state index contributed by atoms with van der Waals surface area (Å²) in [6, 6.07) is 0. The van der Waals surface area contributed by atoms with Gasteiger partial charge in [-0.25, -0.2) is 0 Å². The molecule has 1 aliphatic heterocycles. The number of hydrogen-bond donors (Lipinski definition) is 1. The summed E-state index contributed by atoms with van der Waals surface area (Å²) in [5, 5.41) is 8.86. The van der Waals surface area contributed by atoms with Gasteiger partial charge in [0.15, 0.2) is 0 Å². The van der Waals surface area contributed by atoms with Crippen LogP contribution in [0.15, 0.2) is 0 Å². The van der Waals surface area contributed by atoms with Crippen molar-refractivity contribution in [3.05, 3.63) is 0 Å². The van der Waals surface area contributed by atoms with E-state index in [0.29, 0.717) is 13.2 Å². The first-order valence-electron chi connectivity index (χ1n) is 4.16. The van der Waals surface area contributed by atoms with Crippen molar-refractivity contribution in [1.82, 2.24) is 0 Å². The Labute approximate surface area is 67.3 Å². The minimum Gasteiger partial charge on any atom is -0.391 e. The molecule has 1 fully saturated rings. The van der Waals surface area contributed by atoms with Crippen LogP contribution in [0.5, 0.6) is 0 Å². The van der Waals surface area contributed by atoms with Crippen molar-refractivity contribution in [2.45, 2.75) is 32.0 Å². The van der Waals surface area contributed by atoms with Crippen LogP contribution in [-0.2, 0) is 9.47 Å². The first kappa shape index (κ1) is 8.97. The van der Waals surface area contributed by atoms with Gasteiger partial charge in [-0.2, -0.15) is 0 Å². The summed E-state index contributed by atoms with van der Waals surface area (Å²) in [5.74, 6) is 0. The molecule has 0 spiro atoms. The zero-order valence-electron chi connectivity index (χ0n) is 6.95. The molecule has 1 unspecified atom stereocenters. The molecule has 1 N–H and O–H groups in total. The van der Waals surface area contributed by atoms with E-state index in [1.54, 1.807) is 6.92 Å². The monoisotopic (exact) mass is 160 g/mol. The van der Waals surface area contributed by atoms with Crippen LogP contribution in [0.4, 0.5) is 0 Å². The lowest BCUT2D eigenvalue weighted by atomic mass is 10.2. The van der Waals surface area contributed by atoms with E-state index in [-0.39, 0.29) is 12.2 Å². The van der Waals surface area contributed by atoms with Crippen molar-refractivity contribution in [2.75, 3.05) is 19.8 Å². The predicted molar refractivity (Wildman–Crippen MR) is 41.5 cm³/mol. The fourth-order valence-corrected chi connectivity index (χ4v) is 1.15. The molecule has 0 aromatic carbocycles. The molecular formula is C8H16O3. The van der Waals surface area contributed by atoms with Crippen molar-refractivity contribution in [1.29, 1.82) is 0 Å². The highest BCUT2D eigenvalue weighted by Crippen LogP contribution is 2.11. The van der Waals surface area contributed by atoms with Gasteiger partial charge in [-0.15, -0.1) is 0 Å². The molecule has 2 atom stereocenters. The normalized spacial score (nSPS) is 27.3. The number of hydrogen-bond acceptors (Lipinski definition) is 3. The van der Waals surface area contributed by atoms with Crippen molar-refractivity contribution < 1.29 is 14.6 Å². The van der Waals surface area contributed by atoms with Gasteiger partial charge in [-0.3, -0.25) is 0 Å². The number of aliphatic hydroxyl groups excluding tert-OH is 1. The molecule has 0 radical (unpaired) electrons. The largest absolute Gasteiger partial charge is 0.391 e. The molecule has 1 saturated heterocycles.